The molecule has 1 N–H and O–H groups in total. The first-order chi connectivity index (χ1) is 11.5. The maximum absolute atomic E-state index is 12.9. The molecule has 4 heteroatoms. The number of aromatic nitrogens is 1. The van der Waals surface area contributed by atoms with E-state index in [9.17, 15) is 4.79 Å². The molecule has 0 saturated heterocycles. The lowest BCUT2D eigenvalue weighted by atomic mass is 10.1. The highest BCUT2D eigenvalue weighted by molar-refractivity contribution is 6.30. The molecule has 0 aliphatic heterocycles. The van der Waals surface area contributed by atoms with Crippen LogP contribution in [0.4, 0.5) is 5.69 Å². The van der Waals surface area contributed by atoms with Crippen LogP contribution in [0.3, 0.4) is 0 Å². The smallest absolute Gasteiger partial charge is 0.272 e. The molecule has 1 aromatic heterocycles. The molecular weight excluding hydrogens is 320 g/mol. The molecule has 3 nitrogen and oxygen atoms in total. The average Bonchev–Trinajstić information content (AvgIpc) is 2.88. The van der Waals surface area contributed by atoms with Gasteiger partial charge < -0.3 is 9.88 Å². The number of carbonyl (C=O) groups is 1. The fourth-order valence-electron chi connectivity index (χ4n) is 3.13. The Morgan fingerprint density at radius 3 is 2.46 bits per heavy atom. The Balaban J connectivity index is 2.05. The molecule has 0 radical (unpaired) electrons. The van der Waals surface area contributed by atoms with E-state index in [-0.39, 0.29) is 5.91 Å². The van der Waals surface area contributed by atoms with Crippen molar-refractivity contribution in [2.24, 2.45) is 0 Å². The first-order valence-electron chi connectivity index (χ1n) is 8.23. The summed E-state index contributed by atoms with van der Waals surface area (Å²) in [5.41, 5.74) is 4.87. The lowest BCUT2D eigenvalue weighted by molar-refractivity contribution is 0.101. The summed E-state index contributed by atoms with van der Waals surface area (Å²) in [5.74, 6) is -0.0917. The van der Waals surface area contributed by atoms with Crippen molar-refractivity contribution in [3.63, 3.8) is 0 Å². The molecule has 0 bridgehead atoms. The Morgan fingerprint density at radius 1 is 1.12 bits per heavy atom. The van der Waals surface area contributed by atoms with Crippen LogP contribution in [-0.4, -0.2) is 10.5 Å². The van der Waals surface area contributed by atoms with Crippen LogP contribution in [0.25, 0.3) is 10.9 Å². The first kappa shape index (κ1) is 16.6. The van der Waals surface area contributed by atoms with Gasteiger partial charge in [0, 0.05) is 28.2 Å². The summed E-state index contributed by atoms with van der Waals surface area (Å²) in [7, 11) is 0. The van der Waals surface area contributed by atoms with Gasteiger partial charge in [0.1, 0.15) is 5.69 Å². The molecule has 0 unspecified atom stereocenters. The number of anilines is 1. The molecule has 0 aliphatic carbocycles. The molecule has 124 valence electrons. The SMILES string of the molecule is CCc1ccc2c(c1)c(C)c(C(=O)Nc1ccc(Cl)cc1)n2CC. The highest BCUT2D eigenvalue weighted by atomic mass is 35.5. The number of nitrogens with zero attached hydrogens (tertiary/aromatic N) is 1. The molecule has 3 rings (SSSR count). The van der Waals surface area contributed by atoms with E-state index >= 15 is 0 Å². The Morgan fingerprint density at radius 2 is 1.83 bits per heavy atom. The van der Waals surface area contributed by atoms with Gasteiger partial charge in [-0.15, -0.1) is 0 Å². The Labute approximate surface area is 147 Å². The van der Waals surface area contributed by atoms with E-state index in [2.05, 4.69) is 41.9 Å². The largest absolute Gasteiger partial charge is 0.337 e. The van der Waals surface area contributed by atoms with Gasteiger partial charge in [-0.3, -0.25) is 4.79 Å². The molecule has 0 spiro atoms. The van der Waals surface area contributed by atoms with E-state index in [1.807, 2.05) is 19.1 Å². The Hall–Kier alpha value is -2.26. The number of amides is 1. The second-order valence-electron chi connectivity index (χ2n) is 5.88. The van der Waals surface area contributed by atoms with Gasteiger partial charge in [-0.2, -0.15) is 0 Å². The number of hydrogen-bond donors (Lipinski definition) is 1. The van der Waals surface area contributed by atoms with Crippen molar-refractivity contribution in [3.05, 3.63) is 64.3 Å². The minimum Gasteiger partial charge on any atom is -0.337 e. The van der Waals surface area contributed by atoms with Crippen LogP contribution in [-0.2, 0) is 13.0 Å². The molecule has 0 saturated carbocycles. The quantitative estimate of drug-likeness (QED) is 0.674. The number of nitrogens with one attached hydrogen (secondary N) is 1. The molecular formula is C20H21ClN2O. The minimum absolute atomic E-state index is 0.0917. The maximum Gasteiger partial charge on any atom is 0.272 e. The van der Waals surface area contributed by atoms with Crippen molar-refractivity contribution >= 4 is 34.1 Å². The number of benzene rings is 2. The summed E-state index contributed by atoms with van der Waals surface area (Å²) in [6.45, 7) is 6.97. The van der Waals surface area contributed by atoms with E-state index in [1.54, 1.807) is 12.1 Å². The molecule has 24 heavy (non-hydrogen) atoms. The van der Waals surface area contributed by atoms with E-state index in [1.165, 1.54) is 5.56 Å². The second-order valence-corrected chi connectivity index (χ2v) is 6.32. The van der Waals surface area contributed by atoms with Crippen LogP contribution in [0, 0.1) is 6.92 Å². The predicted molar refractivity (Wildman–Crippen MR) is 101 cm³/mol. The molecule has 1 amide bonds. The van der Waals surface area contributed by atoms with E-state index < -0.39 is 0 Å². The summed E-state index contributed by atoms with van der Waals surface area (Å²) >= 11 is 5.90. The number of aryl methyl sites for hydroxylation is 3. The van der Waals surface area contributed by atoms with Crippen LogP contribution >= 0.6 is 11.6 Å². The summed E-state index contributed by atoms with van der Waals surface area (Å²) in [6, 6.07) is 13.6. The van der Waals surface area contributed by atoms with Crippen molar-refractivity contribution in [3.8, 4) is 0 Å². The fourth-order valence-corrected chi connectivity index (χ4v) is 3.26. The van der Waals surface area contributed by atoms with E-state index in [0.29, 0.717) is 5.02 Å². The topological polar surface area (TPSA) is 34.0 Å². The predicted octanol–water partition coefficient (Wildman–Crippen LogP) is 5.44. The van der Waals surface area contributed by atoms with E-state index in [0.717, 1.165) is 40.8 Å². The van der Waals surface area contributed by atoms with Gasteiger partial charge in [0.05, 0.1) is 0 Å². The third-order valence-electron chi connectivity index (χ3n) is 4.42. The molecule has 3 aromatic rings. The standard InChI is InChI=1S/C20H21ClN2O/c1-4-14-6-11-18-17(12-14)13(3)19(23(18)5-2)20(24)22-16-9-7-15(21)8-10-16/h6-12H,4-5H2,1-3H3,(H,22,24). The highest BCUT2D eigenvalue weighted by Gasteiger charge is 2.19. The second kappa shape index (κ2) is 6.70. The van der Waals surface area contributed by atoms with Gasteiger partial charge in [-0.05, 0) is 67.8 Å². The van der Waals surface area contributed by atoms with Gasteiger partial charge in [-0.1, -0.05) is 24.6 Å². The van der Waals surface area contributed by atoms with Crippen molar-refractivity contribution in [2.45, 2.75) is 33.7 Å². The summed E-state index contributed by atoms with van der Waals surface area (Å²) in [4.78, 5) is 12.9. The molecule has 1 heterocycles. The Kier molecular flexibility index (Phi) is 4.63. The molecule has 0 aliphatic rings. The van der Waals surface area contributed by atoms with Crippen molar-refractivity contribution in [1.82, 2.24) is 4.57 Å². The van der Waals surface area contributed by atoms with Gasteiger partial charge in [0.15, 0.2) is 0 Å². The normalized spacial score (nSPS) is 11.0. The minimum atomic E-state index is -0.0917. The van der Waals surface area contributed by atoms with E-state index in [4.69, 9.17) is 11.6 Å². The molecule has 2 aromatic carbocycles. The lowest BCUT2D eigenvalue weighted by Gasteiger charge is -2.10. The van der Waals surface area contributed by atoms with Crippen LogP contribution in [0.15, 0.2) is 42.5 Å². The number of carbonyl (C=O) groups excluding carboxylic acids is 1. The monoisotopic (exact) mass is 340 g/mol. The molecule has 0 atom stereocenters. The number of rotatable bonds is 4. The van der Waals surface area contributed by atoms with Gasteiger partial charge in [-0.25, -0.2) is 0 Å². The number of hydrogen-bond acceptors (Lipinski definition) is 1. The van der Waals surface area contributed by atoms with Crippen molar-refractivity contribution < 1.29 is 4.79 Å². The highest BCUT2D eigenvalue weighted by Crippen LogP contribution is 2.28. The molecule has 0 fully saturated rings. The van der Waals surface area contributed by atoms with Crippen molar-refractivity contribution in [1.29, 1.82) is 0 Å². The zero-order valence-electron chi connectivity index (χ0n) is 14.2. The van der Waals surface area contributed by atoms with Crippen LogP contribution in [0.5, 0.6) is 0 Å². The zero-order chi connectivity index (χ0) is 17.3. The van der Waals surface area contributed by atoms with Crippen LogP contribution in [0.1, 0.15) is 35.5 Å². The summed E-state index contributed by atoms with van der Waals surface area (Å²) in [6.07, 6.45) is 0.985. The van der Waals surface area contributed by atoms with Gasteiger partial charge in [0.2, 0.25) is 0 Å². The fraction of sp³-hybridized carbons (Fsp3) is 0.250. The number of fused-ring (bicyclic) bond motifs is 1. The average molecular weight is 341 g/mol. The van der Waals surface area contributed by atoms with Gasteiger partial charge >= 0.3 is 0 Å². The third kappa shape index (κ3) is 2.92. The van der Waals surface area contributed by atoms with Crippen molar-refractivity contribution in [2.75, 3.05) is 5.32 Å². The third-order valence-corrected chi connectivity index (χ3v) is 4.67. The summed E-state index contributed by atoms with van der Waals surface area (Å²) in [5, 5.41) is 4.77. The lowest BCUT2D eigenvalue weighted by Crippen LogP contribution is -2.17. The number of halogens is 1. The van der Waals surface area contributed by atoms with Crippen LogP contribution < -0.4 is 5.32 Å². The maximum atomic E-state index is 12.9. The Bertz CT molecular complexity index is 894. The first-order valence-corrected chi connectivity index (χ1v) is 8.61. The van der Waals surface area contributed by atoms with Crippen LogP contribution in [0.2, 0.25) is 5.02 Å². The zero-order valence-corrected chi connectivity index (χ0v) is 14.9. The summed E-state index contributed by atoms with van der Waals surface area (Å²) < 4.78 is 2.08. The van der Waals surface area contributed by atoms with Gasteiger partial charge in [0.25, 0.3) is 5.91 Å².